The molecule has 1 aromatic rings. The van der Waals surface area contributed by atoms with E-state index >= 15 is 0 Å². The van der Waals surface area contributed by atoms with E-state index in [1.807, 2.05) is 6.92 Å². The summed E-state index contributed by atoms with van der Waals surface area (Å²) in [4.78, 5) is 50.1. The van der Waals surface area contributed by atoms with Gasteiger partial charge in [-0.05, 0) is 43.0 Å². The first-order chi connectivity index (χ1) is 12.8. The molecule has 2 fully saturated rings. The van der Waals surface area contributed by atoms with Gasteiger partial charge in [-0.1, -0.05) is 35.7 Å². The maximum absolute atomic E-state index is 12.8. The molecule has 5 amide bonds. The van der Waals surface area contributed by atoms with Gasteiger partial charge in [-0.25, -0.2) is 4.79 Å². The second-order valence-electron chi connectivity index (χ2n) is 6.95. The summed E-state index contributed by atoms with van der Waals surface area (Å²) in [6.07, 6.45) is 3.32. The van der Waals surface area contributed by atoms with Crippen LogP contribution in [0.3, 0.4) is 0 Å². The minimum atomic E-state index is -0.906. The number of hydrogen-bond donors (Lipinski definition) is 3. The molecule has 2 atom stereocenters. The summed E-state index contributed by atoms with van der Waals surface area (Å²) in [6, 6.07) is 6.03. The van der Waals surface area contributed by atoms with E-state index in [9.17, 15) is 19.2 Å². The second-order valence-corrected chi connectivity index (χ2v) is 7.86. The molecular formula is C18H21BrN4O4. The average molecular weight is 437 g/mol. The van der Waals surface area contributed by atoms with Crippen molar-refractivity contribution in [2.75, 3.05) is 6.54 Å². The average Bonchev–Trinajstić information content (AvgIpc) is 2.88. The number of carbonyl (C=O) groups excluding carboxylic acids is 4. The molecule has 0 unspecified atom stereocenters. The Labute approximate surface area is 165 Å². The minimum Gasteiger partial charge on any atom is -0.323 e. The lowest BCUT2D eigenvalue weighted by atomic mass is 9.73. The largest absolute Gasteiger partial charge is 0.325 e. The normalized spacial score (nSPS) is 24.7. The zero-order chi connectivity index (χ0) is 19.6. The van der Waals surface area contributed by atoms with Gasteiger partial charge in [-0.2, -0.15) is 0 Å². The lowest BCUT2D eigenvalue weighted by molar-refractivity contribution is -0.137. The molecule has 2 aliphatic rings. The topological polar surface area (TPSA) is 108 Å². The SMILES string of the molecule is C[C@H]1CCCC[C@@]12NC(=O)N(CC(=O)NNC(=O)c1ccc(Br)cc1)C2=O. The van der Waals surface area contributed by atoms with E-state index < -0.39 is 29.9 Å². The molecular weight excluding hydrogens is 416 g/mol. The van der Waals surface area contributed by atoms with E-state index in [1.54, 1.807) is 24.3 Å². The molecule has 0 bridgehead atoms. The van der Waals surface area contributed by atoms with Crippen molar-refractivity contribution < 1.29 is 19.2 Å². The van der Waals surface area contributed by atoms with Crippen LogP contribution in [0, 0.1) is 5.92 Å². The van der Waals surface area contributed by atoms with Gasteiger partial charge in [-0.3, -0.25) is 30.1 Å². The summed E-state index contributed by atoms with van der Waals surface area (Å²) in [5, 5.41) is 2.79. The Morgan fingerprint density at radius 3 is 2.59 bits per heavy atom. The molecule has 8 nitrogen and oxygen atoms in total. The van der Waals surface area contributed by atoms with Crippen LogP contribution in [0.4, 0.5) is 4.79 Å². The molecule has 9 heteroatoms. The van der Waals surface area contributed by atoms with Crippen molar-refractivity contribution in [1.82, 2.24) is 21.1 Å². The highest BCUT2D eigenvalue weighted by atomic mass is 79.9. The fraction of sp³-hybridized carbons (Fsp3) is 0.444. The van der Waals surface area contributed by atoms with Gasteiger partial charge >= 0.3 is 6.03 Å². The van der Waals surface area contributed by atoms with Crippen LogP contribution in [-0.4, -0.2) is 40.7 Å². The molecule has 144 valence electrons. The Hall–Kier alpha value is -2.42. The molecule has 1 heterocycles. The Kier molecular flexibility index (Phi) is 5.50. The molecule has 3 rings (SSSR count). The van der Waals surface area contributed by atoms with Gasteiger partial charge in [0.2, 0.25) is 0 Å². The van der Waals surface area contributed by atoms with Crippen molar-refractivity contribution in [3.63, 3.8) is 0 Å². The van der Waals surface area contributed by atoms with Crippen LogP contribution in [0.2, 0.25) is 0 Å². The monoisotopic (exact) mass is 436 g/mol. The van der Waals surface area contributed by atoms with E-state index in [2.05, 4.69) is 32.1 Å². The third kappa shape index (κ3) is 3.83. The van der Waals surface area contributed by atoms with Gasteiger partial charge in [0, 0.05) is 10.0 Å². The van der Waals surface area contributed by atoms with E-state index in [-0.39, 0.29) is 11.8 Å². The maximum Gasteiger partial charge on any atom is 0.325 e. The van der Waals surface area contributed by atoms with E-state index in [1.165, 1.54) is 0 Å². The maximum atomic E-state index is 12.8. The van der Waals surface area contributed by atoms with Crippen LogP contribution in [0.15, 0.2) is 28.7 Å². The smallest absolute Gasteiger partial charge is 0.323 e. The van der Waals surface area contributed by atoms with Gasteiger partial charge in [0.05, 0.1) is 0 Å². The highest BCUT2D eigenvalue weighted by Gasteiger charge is 2.55. The fourth-order valence-corrected chi connectivity index (χ4v) is 3.89. The lowest BCUT2D eigenvalue weighted by Crippen LogP contribution is -2.54. The van der Waals surface area contributed by atoms with Crippen molar-refractivity contribution >= 4 is 39.7 Å². The van der Waals surface area contributed by atoms with Crippen LogP contribution < -0.4 is 16.2 Å². The summed E-state index contributed by atoms with van der Waals surface area (Å²) >= 11 is 3.27. The van der Waals surface area contributed by atoms with Gasteiger partial charge < -0.3 is 5.32 Å². The summed E-state index contributed by atoms with van der Waals surface area (Å²) in [5.74, 6) is -1.49. The fourth-order valence-electron chi connectivity index (χ4n) is 3.62. The summed E-state index contributed by atoms with van der Waals surface area (Å²) in [5.41, 5.74) is 3.98. The number of nitrogens with zero attached hydrogens (tertiary/aromatic N) is 1. The molecule has 0 radical (unpaired) electrons. The number of nitrogens with one attached hydrogen (secondary N) is 3. The van der Waals surface area contributed by atoms with Crippen LogP contribution >= 0.6 is 15.9 Å². The third-order valence-electron chi connectivity index (χ3n) is 5.23. The molecule has 27 heavy (non-hydrogen) atoms. The number of hydrazine groups is 1. The number of urea groups is 1. The predicted molar refractivity (Wildman–Crippen MR) is 100 cm³/mol. The molecule has 1 saturated heterocycles. The summed E-state index contributed by atoms with van der Waals surface area (Å²) in [6.45, 7) is 1.50. The number of halogens is 1. The van der Waals surface area contributed by atoms with Crippen LogP contribution in [0.25, 0.3) is 0 Å². The van der Waals surface area contributed by atoms with Gasteiger partial charge in [0.25, 0.3) is 17.7 Å². The van der Waals surface area contributed by atoms with Gasteiger partial charge in [0.15, 0.2) is 0 Å². The van der Waals surface area contributed by atoms with Gasteiger partial charge in [-0.15, -0.1) is 0 Å². The first kappa shape index (κ1) is 19.3. The van der Waals surface area contributed by atoms with E-state index in [0.29, 0.717) is 12.0 Å². The minimum absolute atomic E-state index is 0.0212. The van der Waals surface area contributed by atoms with Crippen LogP contribution in [-0.2, 0) is 9.59 Å². The summed E-state index contributed by atoms with van der Waals surface area (Å²) < 4.78 is 0.826. The zero-order valence-corrected chi connectivity index (χ0v) is 16.5. The van der Waals surface area contributed by atoms with E-state index in [0.717, 1.165) is 28.6 Å². The van der Waals surface area contributed by atoms with E-state index in [4.69, 9.17) is 0 Å². The Morgan fingerprint density at radius 1 is 1.22 bits per heavy atom. The molecule has 1 saturated carbocycles. The molecule has 1 aliphatic carbocycles. The standard InChI is InChI=1S/C18H21BrN4O4/c1-11-4-2-3-9-18(11)16(26)23(17(27)20-18)10-14(24)21-22-15(25)12-5-7-13(19)8-6-12/h5-8,11H,2-4,9-10H2,1H3,(H,20,27)(H,21,24)(H,22,25)/t11-,18+/m0/s1. The molecule has 1 aromatic carbocycles. The highest BCUT2D eigenvalue weighted by Crippen LogP contribution is 2.38. The van der Waals surface area contributed by atoms with Crippen LogP contribution in [0.5, 0.6) is 0 Å². The third-order valence-corrected chi connectivity index (χ3v) is 5.75. The number of carbonyl (C=O) groups is 4. The van der Waals surface area contributed by atoms with Crippen molar-refractivity contribution in [1.29, 1.82) is 0 Å². The zero-order valence-electron chi connectivity index (χ0n) is 14.9. The Balaban J connectivity index is 1.57. The highest BCUT2D eigenvalue weighted by molar-refractivity contribution is 9.10. The second kappa shape index (κ2) is 7.67. The number of hydrogen-bond acceptors (Lipinski definition) is 4. The first-order valence-electron chi connectivity index (χ1n) is 8.82. The Morgan fingerprint density at radius 2 is 1.93 bits per heavy atom. The number of benzene rings is 1. The first-order valence-corrected chi connectivity index (χ1v) is 9.61. The van der Waals surface area contributed by atoms with Crippen molar-refractivity contribution in [3.8, 4) is 0 Å². The number of imide groups is 1. The summed E-state index contributed by atoms with van der Waals surface area (Å²) in [7, 11) is 0. The molecule has 0 aromatic heterocycles. The lowest BCUT2D eigenvalue weighted by Gasteiger charge is -2.36. The van der Waals surface area contributed by atoms with Crippen molar-refractivity contribution in [2.24, 2.45) is 5.92 Å². The predicted octanol–water partition coefficient (Wildman–Crippen LogP) is 1.71. The quantitative estimate of drug-likeness (QED) is 0.494. The van der Waals surface area contributed by atoms with Crippen molar-refractivity contribution in [3.05, 3.63) is 34.3 Å². The number of amides is 5. The number of rotatable bonds is 3. The van der Waals surface area contributed by atoms with Crippen LogP contribution in [0.1, 0.15) is 43.0 Å². The Bertz CT molecular complexity index is 782. The molecule has 1 spiro atoms. The molecule has 1 aliphatic heterocycles. The van der Waals surface area contributed by atoms with Crippen molar-refractivity contribution in [2.45, 2.75) is 38.1 Å². The molecule has 3 N–H and O–H groups in total. The van der Waals surface area contributed by atoms with Gasteiger partial charge in [0.1, 0.15) is 12.1 Å².